The summed E-state index contributed by atoms with van der Waals surface area (Å²) in [5.41, 5.74) is -1.07. The lowest BCUT2D eigenvalue weighted by Crippen LogP contribution is -2.61. The Hall–Kier alpha value is -3.86. The molecule has 10 heteroatoms. The van der Waals surface area contributed by atoms with Gasteiger partial charge in [-0.1, -0.05) is 6.07 Å². The van der Waals surface area contributed by atoms with Crippen molar-refractivity contribution in [2.24, 2.45) is 0 Å². The number of fused-ring (bicyclic) bond motifs is 4. The van der Waals surface area contributed by atoms with Crippen molar-refractivity contribution in [2.75, 3.05) is 14.1 Å². The normalized spacial score (nSPS) is 29.9. The molecule has 3 aliphatic rings. The highest BCUT2D eigenvalue weighted by Gasteiger charge is 2.53. The van der Waals surface area contributed by atoms with Crippen LogP contribution in [0.15, 0.2) is 33.5 Å². The van der Waals surface area contributed by atoms with Crippen molar-refractivity contribution in [3.8, 4) is 5.75 Å². The lowest BCUT2D eigenvalue weighted by Gasteiger charge is -2.50. The maximum absolute atomic E-state index is 14.2. The van der Waals surface area contributed by atoms with Crippen molar-refractivity contribution in [1.29, 1.82) is 0 Å². The molecule has 6 rings (SSSR count). The SMILES string of the molecule is CC(=O)O[C@@H]1[C@@H](C)O[C@@H](c2ccc3c(c2O)C(=O)c2c(cc(C)c4c(=O)cc(C5(C)OC5C)oc24)C3=O)C[C@]1(C)N(C)C. The third-order valence-corrected chi connectivity index (χ3v) is 9.66. The average Bonchev–Trinajstić information content (AvgIpc) is 3.55. The Morgan fingerprint density at radius 3 is 2.33 bits per heavy atom. The van der Waals surface area contributed by atoms with Crippen molar-refractivity contribution >= 4 is 28.5 Å². The summed E-state index contributed by atoms with van der Waals surface area (Å²) in [5.74, 6) is -1.62. The van der Waals surface area contributed by atoms with Crippen molar-refractivity contribution in [3.63, 3.8) is 0 Å². The fourth-order valence-corrected chi connectivity index (χ4v) is 6.72. The molecule has 0 spiro atoms. The van der Waals surface area contributed by atoms with Crippen LogP contribution in [0.25, 0.3) is 11.0 Å². The zero-order valence-corrected chi connectivity index (χ0v) is 25.5. The van der Waals surface area contributed by atoms with Gasteiger partial charge < -0.3 is 28.6 Å². The highest BCUT2D eigenvalue weighted by molar-refractivity contribution is 6.32. The number of phenolic OH excluding ortho intramolecular Hbond substituents is 1. The number of aryl methyl sites for hydroxylation is 1. The first kappa shape index (κ1) is 29.2. The minimum absolute atomic E-state index is 0.00201. The minimum atomic E-state index is -0.822. The van der Waals surface area contributed by atoms with Gasteiger partial charge in [0.15, 0.2) is 11.2 Å². The van der Waals surface area contributed by atoms with Gasteiger partial charge in [-0.2, -0.15) is 0 Å². The predicted octanol–water partition coefficient (Wildman–Crippen LogP) is 4.32. The predicted molar refractivity (Wildman–Crippen MR) is 156 cm³/mol. The smallest absolute Gasteiger partial charge is 0.303 e. The Bertz CT molecular complexity index is 1810. The van der Waals surface area contributed by atoms with Crippen LogP contribution in [0.4, 0.5) is 0 Å². The van der Waals surface area contributed by atoms with Gasteiger partial charge in [-0.3, -0.25) is 19.2 Å². The molecule has 1 aromatic heterocycles. The van der Waals surface area contributed by atoms with E-state index < -0.39 is 47.0 Å². The number of phenols is 1. The molecule has 1 N–H and O–H groups in total. The Kier molecular flexibility index (Phi) is 6.50. The second-order valence-corrected chi connectivity index (χ2v) is 12.6. The van der Waals surface area contributed by atoms with E-state index in [2.05, 4.69) is 0 Å². The number of ketones is 2. The highest BCUT2D eigenvalue weighted by Crippen LogP contribution is 2.48. The van der Waals surface area contributed by atoms with Crippen molar-refractivity contribution in [3.05, 3.63) is 73.6 Å². The first-order valence-corrected chi connectivity index (χ1v) is 14.3. The second kappa shape index (κ2) is 9.57. The van der Waals surface area contributed by atoms with E-state index in [1.807, 2.05) is 32.8 Å². The molecule has 0 radical (unpaired) electrons. The van der Waals surface area contributed by atoms with E-state index in [1.165, 1.54) is 25.1 Å². The molecule has 0 amide bonds. The Labute approximate surface area is 248 Å². The van der Waals surface area contributed by atoms with E-state index in [0.29, 0.717) is 17.5 Å². The molecule has 226 valence electrons. The number of hydrogen-bond donors (Lipinski definition) is 1. The number of esters is 1. The Morgan fingerprint density at radius 1 is 1.05 bits per heavy atom. The van der Waals surface area contributed by atoms with E-state index in [-0.39, 0.29) is 56.3 Å². The van der Waals surface area contributed by atoms with Crippen molar-refractivity contribution in [2.45, 2.75) is 83.5 Å². The third-order valence-electron chi connectivity index (χ3n) is 9.66. The van der Waals surface area contributed by atoms with Crippen LogP contribution in [0.1, 0.15) is 95.9 Å². The summed E-state index contributed by atoms with van der Waals surface area (Å²) in [4.78, 5) is 55.2. The van der Waals surface area contributed by atoms with E-state index >= 15 is 0 Å². The molecular formula is C33H35NO9. The van der Waals surface area contributed by atoms with Crippen LogP contribution in [0.2, 0.25) is 0 Å². The van der Waals surface area contributed by atoms with Gasteiger partial charge in [-0.05, 0) is 72.8 Å². The average molecular weight is 590 g/mol. The maximum atomic E-state index is 14.2. The van der Waals surface area contributed by atoms with Gasteiger partial charge in [0.25, 0.3) is 0 Å². The number of ether oxygens (including phenoxy) is 3. The van der Waals surface area contributed by atoms with Gasteiger partial charge in [0.1, 0.15) is 28.8 Å². The second-order valence-electron chi connectivity index (χ2n) is 12.6. The molecule has 10 nitrogen and oxygen atoms in total. The van der Waals surface area contributed by atoms with Gasteiger partial charge in [-0.25, -0.2) is 0 Å². The van der Waals surface area contributed by atoms with Gasteiger partial charge in [0, 0.05) is 29.7 Å². The topological polar surface area (TPSA) is 136 Å². The standard InChI is InChI=1S/C33H35NO9/c1-14-11-20-26(30-24(14)21(36)12-23(42-30)33(6)16(3)43-33)29(39)25-19(27(20)37)10-9-18(28(25)38)22-13-32(5,34(7)8)31(15(2)40-22)41-17(4)35/h9-12,15-16,22,31,38H,13H2,1-8H3/t15-,16?,22-,31-,32+,33?/m1/s1. The number of epoxide rings is 1. The number of hydrogen-bond acceptors (Lipinski definition) is 10. The molecule has 1 aliphatic carbocycles. The summed E-state index contributed by atoms with van der Waals surface area (Å²) in [6.45, 7) is 10.4. The lowest BCUT2D eigenvalue weighted by molar-refractivity contribution is -0.201. The molecule has 0 saturated carbocycles. The first-order chi connectivity index (χ1) is 20.1. The van der Waals surface area contributed by atoms with Crippen LogP contribution in [0.3, 0.4) is 0 Å². The molecule has 6 atom stereocenters. The summed E-state index contributed by atoms with van der Waals surface area (Å²) < 4.78 is 23.8. The van der Waals surface area contributed by atoms with Crippen molar-refractivity contribution in [1.82, 2.24) is 4.90 Å². The summed E-state index contributed by atoms with van der Waals surface area (Å²) in [7, 11) is 3.75. The van der Waals surface area contributed by atoms with Crippen LogP contribution < -0.4 is 5.43 Å². The summed E-state index contributed by atoms with van der Waals surface area (Å²) in [6, 6.07) is 6.03. The first-order valence-electron chi connectivity index (χ1n) is 14.3. The van der Waals surface area contributed by atoms with E-state index in [1.54, 1.807) is 26.8 Å². The number of rotatable bonds is 4. The highest BCUT2D eigenvalue weighted by atomic mass is 16.6. The van der Waals surface area contributed by atoms with Gasteiger partial charge >= 0.3 is 5.97 Å². The number of benzene rings is 2. The molecule has 2 saturated heterocycles. The van der Waals surface area contributed by atoms with E-state index in [4.69, 9.17) is 18.6 Å². The number of carbonyl (C=O) groups excluding carboxylic acids is 3. The van der Waals surface area contributed by atoms with Crippen molar-refractivity contribution < 1.29 is 38.1 Å². The fourth-order valence-electron chi connectivity index (χ4n) is 6.72. The zero-order chi connectivity index (χ0) is 31.3. The summed E-state index contributed by atoms with van der Waals surface area (Å²) in [6.07, 6.45) is -1.68. The Morgan fingerprint density at radius 2 is 1.72 bits per heavy atom. The Balaban J connectivity index is 1.49. The zero-order valence-electron chi connectivity index (χ0n) is 25.5. The summed E-state index contributed by atoms with van der Waals surface area (Å²) >= 11 is 0. The lowest BCUT2D eigenvalue weighted by atomic mass is 9.77. The van der Waals surface area contributed by atoms with Crippen LogP contribution in [0.5, 0.6) is 5.75 Å². The molecule has 2 unspecified atom stereocenters. The summed E-state index contributed by atoms with van der Waals surface area (Å²) in [5, 5.41) is 11.8. The molecule has 3 aromatic rings. The molecule has 43 heavy (non-hydrogen) atoms. The van der Waals surface area contributed by atoms with Crippen LogP contribution >= 0.6 is 0 Å². The van der Waals surface area contributed by atoms with Crippen LogP contribution in [-0.2, 0) is 24.6 Å². The number of likely N-dealkylation sites (N-methyl/N-ethyl adjacent to an activating group) is 1. The number of nitrogens with zero attached hydrogens (tertiary/aromatic N) is 1. The van der Waals surface area contributed by atoms with Gasteiger partial charge in [0.2, 0.25) is 5.78 Å². The van der Waals surface area contributed by atoms with E-state index in [9.17, 15) is 24.3 Å². The molecular weight excluding hydrogens is 554 g/mol. The molecule has 0 bridgehead atoms. The van der Waals surface area contributed by atoms with Crippen LogP contribution in [0, 0.1) is 6.92 Å². The number of carbonyl (C=O) groups is 3. The van der Waals surface area contributed by atoms with Gasteiger partial charge in [0.05, 0.1) is 40.4 Å². The van der Waals surface area contributed by atoms with Crippen LogP contribution in [-0.4, -0.2) is 65.5 Å². The minimum Gasteiger partial charge on any atom is -0.507 e. The monoisotopic (exact) mass is 589 g/mol. The largest absolute Gasteiger partial charge is 0.507 e. The molecule has 2 fully saturated rings. The van der Waals surface area contributed by atoms with E-state index in [0.717, 1.165) is 0 Å². The third kappa shape index (κ3) is 4.18. The molecule has 3 heterocycles. The molecule has 2 aliphatic heterocycles. The fraction of sp³-hybridized carbons (Fsp3) is 0.455. The number of aromatic hydroxyl groups is 1. The maximum Gasteiger partial charge on any atom is 0.303 e. The quantitative estimate of drug-likeness (QED) is 0.271. The van der Waals surface area contributed by atoms with Gasteiger partial charge in [-0.15, -0.1) is 0 Å². The molecule has 2 aromatic carbocycles.